The first-order valence-electron chi connectivity index (χ1n) is 6.61. The molecular formula is C16H17ClN2O2. The van der Waals surface area contributed by atoms with E-state index in [2.05, 4.69) is 5.32 Å². The van der Waals surface area contributed by atoms with Crippen molar-refractivity contribution in [3.05, 3.63) is 52.5 Å². The number of carbonyl (C=O) groups is 1. The van der Waals surface area contributed by atoms with Crippen LogP contribution >= 0.6 is 11.6 Å². The molecule has 0 saturated carbocycles. The first-order chi connectivity index (χ1) is 10.0. The van der Waals surface area contributed by atoms with E-state index in [1.807, 2.05) is 19.1 Å². The van der Waals surface area contributed by atoms with E-state index in [0.717, 1.165) is 5.56 Å². The molecule has 0 spiro atoms. The van der Waals surface area contributed by atoms with E-state index in [4.69, 9.17) is 22.1 Å². The van der Waals surface area contributed by atoms with Crippen LogP contribution in [0.4, 0.5) is 17.1 Å². The number of anilines is 3. The van der Waals surface area contributed by atoms with Crippen LogP contribution in [0, 0.1) is 6.92 Å². The molecule has 3 N–H and O–H groups in total. The Labute approximate surface area is 128 Å². The molecule has 0 saturated heterocycles. The number of esters is 1. The molecule has 0 atom stereocenters. The van der Waals surface area contributed by atoms with Crippen LogP contribution in [0.5, 0.6) is 0 Å². The highest BCUT2D eigenvalue weighted by molar-refractivity contribution is 6.33. The van der Waals surface area contributed by atoms with Gasteiger partial charge in [-0.05, 0) is 43.7 Å². The zero-order valence-electron chi connectivity index (χ0n) is 11.9. The molecule has 2 aromatic rings. The zero-order valence-corrected chi connectivity index (χ0v) is 12.7. The molecule has 0 radical (unpaired) electrons. The monoisotopic (exact) mass is 304 g/mol. The van der Waals surface area contributed by atoms with E-state index < -0.39 is 5.97 Å². The summed E-state index contributed by atoms with van der Waals surface area (Å²) in [7, 11) is 0. The van der Waals surface area contributed by atoms with Crippen molar-refractivity contribution in [3.8, 4) is 0 Å². The summed E-state index contributed by atoms with van der Waals surface area (Å²) in [6.07, 6.45) is 0. The number of benzene rings is 2. The molecule has 0 aromatic heterocycles. The number of hydrogen-bond donors (Lipinski definition) is 2. The van der Waals surface area contributed by atoms with Gasteiger partial charge in [0.1, 0.15) is 0 Å². The molecule has 0 aliphatic heterocycles. The number of hydrogen-bond acceptors (Lipinski definition) is 4. The van der Waals surface area contributed by atoms with Crippen molar-refractivity contribution in [1.29, 1.82) is 0 Å². The van der Waals surface area contributed by atoms with E-state index in [0.29, 0.717) is 34.3 Å². The highest BCUT2D eigenvalue weighted by Crippen LogP contribution is 2.32. The Kier molecular flexibility index (Phi) is 4.70. The van der Waals surface area contributed by atoms with E-state index in [1.54, 1.807) is 31.2 Å². The van der Waals surface area contributed by atoms with Crippen LogP contribution in [0.3, 0.4) is 0 Å². The van der Waals surface area contributed by atoms with E-state index in [1.165, 1.54) is 0 Å². The number of halogens is 1. The standard InChI is InChI=1S/C16H17ClN2O2/c1-3-21-16(20)11-5-4-6-13(18)15(11)19-14-9-10(2)7-8-12(14)17/h4-9,19H,3,18H2,1-2H3. The number of nitrogens with one attached hydrogen (secondary N) is 1. The number of nitrogens with two attached hydrogens (primary N) is 1. The van der Waals surface area contributed by atoms with Gasteiger partial charge in [-0.2, -0.15) is 0 Å². The number of carbonyl (C=O) groups excluding carboxylic acids is 1. The second-order valence-corrected chi connectivity index (χ2v) is 5.01. The van der Waals surface area contributed by atoms with Gasteiger partial charge in [0.2, 0.25) is 0 Å². The minimum absolute atomic E-state index is 0.304. The molecule has 0 unspecified atom stereocenters. The second kappa shape index (κ2) is 6.50. The van der Waals surface area contributed by atoms with Crippen molar-refractivity contribution in [2.45, 2.75) is 13.8 Å². The largest absolute Gasteiger partial charge is 0.462 e. The molecule has 21 heavy (non-hydrogen) atoms. The third-order valence-electron chi connectivity index (χ3n) is 2.97. The Morgan fingerprint density at radius 3 is 2.81 bits per heavy atom. The zero-order chi connectivity index (χ0) is 15.4. The molecule has 4 nitrogen and oxygen atoms in total. The molecule has 0 bridgehead atoms. The molecule has 0 aliphatic carbocycles. The van der Waals surface area contributed by atoms with Crippen molar-refractivity contribution >= 4 is 34.6 Å². The summed E-state index contributed by atoms with van der Waals surface area (Å²) in [6.45, 7) is 4.02. The van der Waals surface area contributed by atoms with Gasteiger partial charge in [0.15, 0.2) is 0 Å². The number of ether oxygens (including phenoxy) is 1. The van der Waals surface area contributed by atoms with Crippen molar-refractivity contribution in [2.24, 2.45) is 0 Å². The van der Waals surface area contributed by atoms with Gasteiger partial charge in [-0.3, -0.25) is 0 Å². The molecule has 110 valence electrons. The van der Waals surface area contributed by atoms with Crippen molar-refractivity contribution in [3.63, 3.8) is 0 Å². The minimum atomic E-state index is -0.420. The van der Waals surface area contributed by atoms with Crippen LogP contribution in [0.15, 0.2) is 36.4 Å². The number of aryl methyl sites for hydroxylation is 1. The van der Waals surface area contributed by atoms with Crippen LogP contribution in [0.1, 0.15) is 22.8 Å². The van der Waals surface area contributed by atoms with Crippen LogP contribution in [-0.2, 0) is 4.74 Å². The van der Waals surface area contributed by atoms with Crippen molar-refractivity contribution < 1.29 is 9.53 Å². The Balaban J connectivity index is 2.43. The Bertz CT molecular complexity index is 671. The molecule has 0 fully saturated rings. The summed E-state index contributed by atoms with van der Waals surface area (Å²) >= 11 is 6.17. The first kappa shape index (κ1) is 15.2. The van der Waals surface area contributed by atoms with E-state index in [9.17, 15) is 4.79 Å². The van der Waals surface area contributed by atoms with E-state index >= 15 is 0 Å². The fourth-order valence-corrected chi connectivity index (χ4v) is 2.12. The smallest absolute Gasteiger partial charge is 0.340 e. The van der Waals surface area contributed by atoms with Gasteiger partial charge >= 0.3 is 5.97 Å². The van der Waals surface area contributed by atoms with Crippen LogP contribution in [0.2, 0.25) is 5.02 Å². The van der Waals surface area contributed by atoms with Crippen LogP contribution in [-0.4, -0.2) is 12.6 Å². The van der Waals surface area contributed by atoms with E-state index in [-0.39, 0.29) is 0 Å². The van der Waals surface area contributed by atoms with Gasteiger partial charge in [-0.1, -0.05) is 23.7 Å². The average Bonchev–Trinajstić information content (AvgIpc) is 2.45. The van der Waals surface area contributed by atoms with Crippen LogP contribution < -0.4 is 11.1 Å². The molecule has 0 amide bonds. The summed E-state index contributed by atoms with van der Waals surface area (Å²) in [4.78, 5) is 12.0. The molecule has 5 heteroatoms. The number of rotatable bonds is 4. The highest BCUT2D eigenvalue weighted by atomic mass is 35.5. The number of nitrogen functional groups attached to an aromatic ring is 1. The Morgan fingerprint density at radius 1 is 1.33 bits per heavy atom. The lowest BCUT2D eigenvalue weighted by Gasteiger charge is -2.15. The molecule has 0 heterocycles. The third-order valence-corrected chi connectivity index (χ3v) is 3.30. The Hall–Kier alpha value is -2.20. The fraction of sp³-hybridized carbons (Fsp3) is 0.188. The van der Waals surface area contributed by atoms with Gasteiger partial charge < -0.3 is 15.8 Å². The first-order valence-corrected chi connectivity index (χ1v) is 6.99. The summed E-state index contributed by atoms with van der Waals surface area (Å²) < 4.78 is 5.05. The van der Waals surface area contributed by atoms with Gasteiger partial charge in [-0.15, -0.1) is 0 Å². The maximum Gasteiger partial charge on any atom is 0.340 e. The Morgan fingerprint density at radius 2 is 2.10 bits per heavy atom. The molecular weight excluding hydrogens is 288 g/mol. The van der Waals surface area contributed by atoms with Gasteiger partial charge in [-0.25, -0.2) is 4.79 Å². The fourth-order valence-electron chi connectivity index (χ4n) is 1.96. The lowest BCUT2D eigenvalue weighted by molar-refractivity contribution is 0.0527. The average molecular weight is 305 g/mol. The summed E-state index contributed by atoms with van der Waals surface area (Å²) in [5, 5.41) is 3.69. The molecule has 0 aliphatic rings. The van der Waals surface area contributed by atoms with Crippen molar-refractivity contribution in [2.75, 3.05) is 17.7 Å². The van der Waals surface area contributed by atoms with Crippen molar-refractivity contribution in [1.82, 2.24) is 0 Å². The highest BCUT2D eigenvalue weighted by Gasteiger charge is 2.15. The lowest BCUT2D eigenvalue weighted by Crippen LogP contribution is -2.09. The maximum absolute atomic E-state index is 12.0. The van der Waals surface area contributed by atoms with Gasteiger partial charge in [0.05, 0.1) is 34.3 Å². The molecule has 2 rings (SSSR count). The summed E-state index contributed by atoms with van der Waals surface area (Å²) in [5.74, 6) is -0.420. The lowest BCUT2D eigenvalue weighted by atomic mass is 10.1. The second-order valence-electron chi connectivity index (χ2n) is 4.60. The predicted octanol–water partition coefficient (Wildman–Crippen LogP) is 4.15. The van der Waals surface area contributed by atoms with Gasteiger partial charge in [0.25, 0.3) is 0 Å². The maximum atomic E-state index is 12.0. The quantitative estimate of drug-likeness (QED) is 0.658. The van der Waals surface area contributed by atoms with Crippen LogP contribution in [0.25, 0.3) is 0 Å². The van der Waals surface area contributed by atoms with Gasteiger partial charge in [0, 0.05) is 0 Å². The molecule has 2 aromatic carbocycles. The topological polar surface area (TPSA) is 64.3 Å². The summed E-state index contributed by atoms with van der Waals surface area (Å²) in [5.41, 5.74) is 9.07. The summed E-state index contributed by atoms with van der Waals surface area (Å²) in [6, 6.07) is 10.7. The minimum Gasteiger partial charge on any atom is -0.462 e. The third kappa shape index (κ3) is 3.47. The predicted molar refractivity (Wildman–Crippen MR) is 86.3 cm³/mol. The normalized spacial score (nSPS) is 10.2. The number of para-hydroxylation sites is 1. The SMILES string of the molecule is CCOC(=O)c1cccc(N)c1Nc1cc(C)ccc1Cl.